The van der Waals surface area contributed by atoms with E-state index in [4.69, 9.17) is 10.5 Å². The number of benzene rings is 1. The molecule has 3 nitrogen and oxygen atoms in total. The Hall–Kier alpha value is -1.84. The molecule has 0 aromatic heterocycles. The second-order valence-electron chi connectivity index (χ2n) is 3.59. The molecule has 1 aliphatic heterocycles. The molecule has 0 unspecified atom stereocenters. The Bertz CT molecular complexity index is 454. The summed E-state index contributed by atoms with van der Waals surface area (Å²) in [4.78, 5) is 11.9. The lowest BCUT2D eigenvalue weighted by molar-refractivity contribution is 0.0899. The van der Waals surface area contributed by atoms with Gasteiger partial charge < -0.3 is 10.5 Å². The highest BCUT2D eigenvalue weighted by atomic mass is 19.1. The summed E-state index contributed by atoms with van der Waals surface area (Å²) in [5.74, 6) is -0.664. The number of Topliss-reactive ketones (excluding diaryl/α,β-unsaturated/α-hetero) is 1. The summed E-state index contributed by atoms with van der Waals surface area (Å²) in [6.07, 6.45) is 3.42. The van der Waals surface area contributed by atoms with E-state index in [0.29, 0.717) is 6.61 Å². The van der Waals surface area contributed by atoms with Gasteiger partial charge in [-0.2, -0.15) is 0 Å². The van der Waals surface area contributed by atoms with Crippen molar-refractivity contribution in [2.24, 2.45) is 0 Å². The second-order valence-corrected chi connectivity index (χ2v) is 3.59. The van der Waals surface area contributed by atoms with Crippen molar-refractivity contribution in [1.82, 2.24) is 0 Å². The third-order valence-corrected chi connectivity index (χ3v) is 2.46. The van der Waals surface area contributed by atoms with Gasteiger partial charge in [0.05, 0.1) is 17.9 Å². The molecule has 0 amide bonds. The highest BCUT2D eigenvalue weighted by Crippen LogP contribution is 2.21. The molecule has 0 atom stereocenters. The standard InChI is InChI=1S/C12H12FNO2/c13-9-5-3-4-8(11(9)14)12(15)10-6-1-2-7-16-10/h3-6H,1-2,7,14H2. The van der Waals surface area contributed by atoms with Crippen LogP contribution < -0.4 is 5.73 Å². The predicted molar refractivity (Wildman–Crippen MR) is 58.4 cm³/mol. The second kappa shape index (κ2) is 4.35. The topological polar surface area (TPSA) is 52.3 Å². The van der Waals surface area contributed by atoms with Gasteiger partial charge in [0, 0.05) is 0 Å². The van der Waals surface area contributed by atoms with Crippen LogP contribution in [0.4, 0.5) is 10.1 Å². The van der Waals surface area contributed by atoms with E-state index in [2.05, 4.69) is 0 Å². The quantitative estimate of drug-likeness (QED) is 0.615. The highest BCUT2D eigenvalue weighted by Gasteiger charge is 2.19. The van der Waals surface area contributed by atoms with Crippen LogP contribution in [0.3, 0.4) is 0 Å². The van der Waals surface area contributed by atoms with Crippen molar-refractivity contribution in [2.45, 2.75) is 12.8 Å². The van der Waals surface area contributed by atoms with Crippen LogP contribution in [-0.4, -0.2) is 12.4 Å². The van der Waals surface area contributed by atoms with Crippen LogP contribution in [0.2, 0.25) is 0 Å². The summed E-state index contributed by atoms with van der Waals surface area (Å²) in [5, 5.41) is 0. The van der Waals surface area contributed by atoms with Crippen LogP contribution in [-0.2, 0) is 4.74 Å². The van der Waals surface area contributed by atoms with Crippen molar-refractivity contribution in [3.63, 3.8) is 0 Å². The maximum Gasteiger partial charge on any atom is 0.229 e. The largest absolute Gasteiger partial charge is 0.490 e. The summed E-state index contributed by atoms with van der Waals surface area (Å²) in [6.45, 7) is 0.521. The fraction of sp³-hybridized carbons (Fsp3) is 0.250. The molecule has 0 saturated carbocycles. The lowest BCUT2D eigenvalue weighted by Crippen LogP contribution is -2.13. The molecule has 1 aromatic carbocycles. The fourth-order valence-corrected chi connectivity index (χ4v) is 1.58. The summed E-state index contributed by atoms with van der Waals surface area (Å²) < 4.78 is 18.4. The number of carbonyl (C=O) groups excluding carboxylic acids is 1. The molecule has 1 heterocycles. The van der Waals surface area contributed by atoms with Crippen LogP contribution >= 0.6 is 0 Å². The van der Waals surface area contributed by atoms with Crippen molar-refractivity contribution < 1.29 is 13.9 Å². The average molecular weight is 221 g/mol. The Morgan fingerprint density at radius 3 is 2.94 bits per heavy atom. The van der Waals surface area contributed by atoms with Crippen molar-refractivity contribution in [2.75, 3.05) is 12.3 Å². The number of halogens is 1. The first kappa shape index (κ1) is 10.7. The van der Waals surface area contributed by atoms with E-state index in [1.807, 2.05) is 0 Å². The van der Waals surface area contributed by atoms with Gasteiger partial charge >= 0.3 is 0 Å². The Morgan fingerprint density at radius 1 is 1.44 bits per heavy atom. The molecular formula is C12H12FNO2. The van der Waals surface area contributed by atoms with Gasteiger partial charge in [0.2, 0.25) is 5.78 Å². The van der Waals surface area contributed by atoms with Crippen LogP contribution in [0.1, 0.15) is 23.2 Å². The summed E-state index contributed by atoms with van der Waals surface area (Å²) in [7, 11) is 0. The number of ketones is 1. The third-order valence-electron chi connectivity index (χ3n) is 2.46. The van der Waals surface area contributed by atoms with Crippen LogP contribution in [0.25, 0.3) is 0 Å². The summed E-state index contributed by atoms with van der Waals surface area (Å²) in [6, 6.07) is 4.18. The van der Waals surface area contributed by atoms with Gasteiger partial charge in [0.1, 0.15) is 5.82 Å². The first-order valence-electron chi connectivity index (χ1n) is 5.12. The first-order chi connectivity index (χ1) is 7.70. The summed E-state index contributed by atoms with van der Waals surface area (Å²) in [5.41, 5.74) is 5.55. The normalized spacial score (nSPS) is 15.2. The molecule has 0 spiro atoms. The third kappa shape index (κ3) is 1.91. The minimum absolute atomic E-state index is 0.123. The van der Waals surface area contributed by atoms with Gasteiger partial charge in [-0.05, 0) is 31.1 Å². The molecule has 2 N–H and O–H groups in total. The first-order valence-corrected chi connectivity index (χ1v) is 5.12. The Kier molecular flexibility index (Phi) is 2.90. The van der Waals surface area contributed by atoms with Gasteiger partial charge in [0.25, 0.3) is 0 Å². The number of nitrogens with two attached hydrogens (primary N) is 1. The van der Waals surface area contributed by atoms with Crippen molar-refractivity contribution in [3.05, 3.63) is 41.4 Å². The van der Waals surface area contributed by atoms with Crippen molar-refractivity contribution >= 4 is 11.5 Å². The molecule has 1 aliphatic rings. The molecule has 84 valence electrons. The van der Waals surface area contributed by atoms with Crippen molar-refractivity contribution in [1.29, 1.82) is 0 Å². The number of ether oxygens (including phenoxy) is 1. The SMILES string of the molecule is Nc1c(F)cccc1C(=O)C1=CCCCO1. The number of carbonyl (C=O) groups is 1. The Balaban J connectivity index is 2.33. The van der Waals surface area contributed by atoms with E-state index in [-0.39, 0.29) is 22.8 Å². The Labute approximate surface area is 92.7 Å². The molecule has 16 heavy (non-hydrogen) atoms. The fourth-order valence-electron chi connectivity index (χ4n) is 1.58. The van der Waals surface area contributed by atoms with E-state index in [1.54, 1.807) is 6.08 Å². The predicted octanol–water partition coefficient (Wildman–Crippen LogP) is 2.28. The van der Waals surface area contributed by atoms with E-state index in [1.165, 1.54) is 18.2 Å². The highest BCUT2D eigenvalue weighted by molar-refractivity contribution is 6.10. The number of anilines is 1. The van der Waals surface area contributed by atoms with E-state index in [0.717, 1.165) is 12.8 Å². The van der Waals surface area contributed by atoms with Crippen LogP contribution in [0.15, 0.2) is 30.0 Å². The van der Waals surface area contributed by atoms with Gasteiger partial charge in [-0.15, -0.1) is 0 Å². The minimum Gasteiger partial charge on any atom is -0.490 e. The molecule has 0 bridgehead atoms. The zero-order valence-corrected chi connectivity index (χ0v) is 8.70. The van der Waals surface area contributed by atoms with Gasteiger partial charge in [0.15, 0.2) is 5.76 Å². The van der Waals surface area contributed by atoms with Gasteiger partial charge in [-0.3, -0.25) is 4.79 Å². The van der Waals surface area contributed by atoms with Gasteiger partial charge in [-0.25, -0.2) is 4.39 Å². The minimum atomic E-state index is -0.581. The molecular weight excluding hydrogens is 209 g/mol. The zero-order valence-electron chi connectivity index (χ0n) is 8.70. The van der Waals surface area contributed by atoms with E-state index < -0.39 is 5.82 Å². The molecule has 2 rings (SSSR count). The number of hydrogen-bond donors (Lipinski definition) is 1. The zero-order chi connectivity index (χ0) is 11.5. The van der Waals surface area contributed by atoms with Crippen molar-refractivity contribution in [3.8, 4) is 0 Å². The average Bonchev–Trinajstić information content (AvgIpc) is 2.33. The lowest BCUT2D eigenvalue weighted by Gasteiger charge is -2.14. The number of hydrogen-bond acceptors (Lipinski definition) is 3. The monoisotopic (exact) mass is 221 g/mol. The van der Waals surface area contributed by atoms with Gasteiger partial charge in [-0.1, -0.05) is 6.07 Å². The van der Waals surface area contributed by atoms with E-state index in [9.17, 15) is 9.18 Å². The molecule has 0 aliphatic carbocycles. The maximum absolute atomic E-state index is 13.2. The number of rotatable bonds is 2. The van der Waals surface area contributed by atoms with E-state index >= 15 is 0 Å². The maximum atomic E-state index is 13.2. The van der Waals surface area contributed by atoms with Crippen LogP contribution in [0, 0.1) is 5.82 Å². The number of para-hydroxylation sites is 1. The molecule has 0 fully saturated rings. The summed E-state index contributed by atoms with van der Waals surface area (Å²) >= 11 is 0. The molecule has 0 saturated heterocycles. The number of nitrogen functional groups attached to an aromatic ring is 1. The smallest absolute Gasteiger partial charge is 0.229 e. The number of allylic oxidation sites excluding steroid dienone is 2. The molecule has 1 aromatic rings. The lowest BCUT2D eigenvalue weighted by atomic mass is 10.1. The van der Waals surface area contributed by atoms with Crippen LogP contribution in [0.5, 0.6) is 0 Å². The Morgan fingerprint density at radius 2 is 2.25 bits per heavy atom. The molecule has 0 radical (unpaired) electrons. The molecule has 4 heteroatoms.